The normalized spacial score (nSPS) is 10.7. The predicted molar refractivity (Wildman–Crippen MR) is 98.2 cm³/mol. The number of oxazole rings is 1. The molecule has 0 unspecified atom stereocenters. The molecule has 0 N–H and O–H groups in total. The van der Waals surface area contributed by atoms with E-state index in [2.05, 4.69) is 4.98 Å². The molecular formula is C20H20ClNO3. The van der Waals surface area contributed by atoms with Crippen LogP contribution in [0.25, 0.3) is 11.5 Å². The third-order valence-electron chi connectivity index (χ3n) is 3.74. The minimum atomic E-state index is 0.308. The fourth-order valence-corrected chi connectivity index (χ4v) is 2.60. The molecule has 0 radical (unpaired) electrons. The molecule has 0 aliphatic rings. The van der Waals surface area contributed by atoms with E-state index >= 15 is 0 Å². The van der Waals surface area contributed by atoms with Crippen molar-refractivity contribution in [3.8, 4) is 23.0 Å². The van der Waals surface area contributed by atoms with Gasteiger partial charge in [-0.15, -0.1) is 11.6 Å². The van der Waals surface area contributed by atoms with E-state index in [1.807, 2.05) is 62.4 Å². The van der Waals surface area contributed by atoms with Gasteiger partial charge in [0.05, 0.1) is 6.61 Å². The van der Waals surface area contributed by atoms with Crippen LogP contribution in [0, 0.1) is 6.92 Å². The van der Waals surface area contributed by atoms with Crippen LogP contribution in [0.3, 0.4) is 0 Å². The Morgan fingerprint density at radius 2 is 1.84 bits per heavy atom. The average molecular weight is 358 g/mol. The highest BCUT2D eigenvalue weighted by molar-refractivity contribution is 6.17. The summed E-state index contributed by atoms with van der Waals surface area (Å²) in [5, 5.41) is 0. The molecule has 5 heteroatoms. The Hall–Kier alpha value is -2.46. The molecule has 0 amide bonds. The predicted octanol–water partition coefficient (Wildman–Crippen LogP) is 5.37. The second-order valence-corrected chi connectivity index (χ2v) is 5.79. The number of hydrogen-bond acceptors (Lipinski definition) is 4. The lowest BCUT2D eigenvalue weighted by molar-refractivity contribution is 0.265. The van der Waals surface area contributed by atoms with E-state index in [-0.39, 0.29) is 0 Å². The Labute approximate surface area is 152 Å². The Kier molecular flexibility index (Phi) is 5.61. The van der Waals surface area contributed by atoms with Crippen molar-refractivity contribution in [2.75, 3.05) is 6.61 Å². The standard InChI is InChI=1S/C20H20ClNO3/c1-3-23-19-11-15(12-21)9-10-18(19)24-13-17-14(2)25-20(22-17)16-7-5-4-6-8-16/h4-11H,3,12-13H2,1-2H3. The van der Waals surface area contributed by atoms with E-state index in [1.54, 1.807) is 0 Å². The summed E-state index contributed by atoms with van der Waals surface area (Å²) in [4.78, 5) is 4.55. The summed E-state index contributed by atoms with van der Waals surface area (Å²) in [6, 6.07) is 15.5. The van der Waals surface area contributed by atoms with E-state index in [1.165, 1.54) is 0 Å². The van der Waals surface area contributed by atoms with Crippen molar-refractivity contribution < 1.29 is 13.9 Å². The van der Waals surface area contributed by atoms with Gasteiger partial charge in [0.25, 0.3) is 0 Å². The quantitative estimate of drug-likeness (QED) is 0.533. The highest BCUT2D eigenvalue weighted by atomic mass is 35.5. The number of aryl methyl sites for hydroxylation is 1. The SMILES string of the molecule is CCOc1cc(CCl)ccc1OCc1nc(-c2ccccc2)oc1C. The van der Waals surface area contributed by atoms with Gasteiger partial charge in [0.15, 0.2) is 11.5 Å². The fourth-order valence-electron chi connectivity index (χ4n) is 2.44. The van der Waals surface area contributed by atoms with E-state index in [4.69, 9.17) is 25.5 Å². The first-order valence-corrected chi connectivity index (χ1v) is 8.71. The lowest BCUT2D eigenvalue weighted by Crippen LogP contribution is -2.01. The van der Waals surface area contributed by atoms with Gasteiger partial charge in [-0.05, 0) is 43.7 Å². The van der Waals surface area contributed by atoms with Crippen LogP contribution in [0.1, 0.15) is 23.9 Å². The second kappa shape index (κ2) is 8.08. The summed E-state index contributed by atoms with van der Waals surface area (Å²) in [6.07, 6.45) is 0. The van der Waals surface area contributed by atoms with Gasteiger partial charge in [0.1, 0.15) is 18.1 Å². The van der Waals surface area contributed by atoms with Crippen LogP contribution in [-0.2, 0) is 12.5 Å². The molecule has 0 saturated heterocycles. The molecule has 3 rings (SSSR count). The molecule has 0 bridgehead atoms. The maximum atomic E-state index is 5.91. The Morgan fingerprint density at radius 3 is 2.56 bits per heavy atom. The maximum Gasteiger partial charge on any atom is 0.226 e. The van der Waals surface area contributed by atoms with Gasteiger partial charge in [-0.2, -0.15) is 0 Å². The van der Waals surface area contributed by atoms with Crippen molar-refractivity contribution in [3.63, 3.8) is 0 Å². The van der Waals surface area contributed by atoms with Gasteiger partial charge >= 0.3 is 0 Å². The highest BCUT2D eigenvalue weighted by Gasteiger charge is 2.13. The summed E-state index contributed by atoms with van der Waals surface area (Å²) in [6.45, 7) is 4.69. The molecule has 2 aromatic carbocycles. The molecule has 0 aliphatic carbocycles. The fraction of sp³-hybridized carbons (Fsp3) is 0.250. The molecule has 1 heterocycles. The number of nitrogens with zero attached hydrogens (tertiary/aromatic N) is 1. The van der Waals surface area contributed by atoms with E-state index in [0.29, 0.717) is 36.5 Å². The molecule has 0 spiro atoms. The summed E-state index contributed by atoms with van der Waals surface area (Å²) in [5.41, 5.74) is 2.70. The molecule has 1 aromatic heterocycles. The van der Waals surface area contributed by atoms with Crippen LogP contribution in [-0.4, -0.2) is 11.6 Å². The number of benzene rings is 2. The van der Waals surface area contributed by atoms with E-state index in [0.717, 1.165) is 22.6 Å². The Morgan fingerprint density at radius 1 is 1.04 bits per heavy atom. The first-order valence-electron chi connectivity index (χ1n) is 8.17. The minimum absolute atomic E-state index is 0.308. The summed E-state index contributed by atoms with van der Waals surface area (Å²) in [7, 11) is 0. The number of rotatable bonds is 7. The topological polar surface area (TPSA) is 44.5 Å². The number of halogens is 1. The Balaban J connectivity index is 1.77. The van der Waals surface area contributed by atoms with Crippen LogP contribution in [0.4, 0.5) is 0 Å². The van der Waals surface area contributed by atoms with Crippen molar-refractivity contribution in [2.24, 2.45) is 0 Å². The van der Waals surface area contributed by atoms with Crippen LogP contribution in [0.15, 0.2) is 52.9 Å². The molecule has 3 aromatic rings. The molecule has 130 valence electrons. The summed E-state index contributed by atoms with van der Waals surface area (Å²) < 4.78 is 17.3. The third kappa shape index (κ3) is 4.15. The van der Waals surface area contributed by atoms with E-state index in [9.17, 15) is 0 Å². The van der Waals surface area contributed by atoms with Gasteiger partial charge < -0.3 is 13.9 Å². The smallest absolute Gasteiger partial charge is 0.226 e. The number of aromatic nitrogens is 1. The first kappa shape index (κ1) is 17.4. The third-order valence-corrected chi connectivity index (χ3v) is 4.05. The average Bonchev–Trinajstić information content (AvgIpc) is 3.02. The number of alkyl halides is 1. The number of hydrogen-bond donors (Lipinski definition) is 0. The second-order valence-electron chi connectivity index (χ2n) is 5.52. The molecule has 25 heavy (non-hydrogen) atoms. The van der Waals surface area contributed by atoms with Crippen molar-refractivity contribution in [1.82, 2.24) is 4.98 Å². The van der Waals surface area contributed by atoms with Crippen molar-refractivity contribution >= 4 is 11.6 Å². The summed E-state index contributed by atoms with van der Waals surface area (Å²) >= 11 is 5.89. The van der Waals surface area contributed by atoms with Crippen LogP contribution >= 0.6 is 11.6 Å². The van der Waals surface area contributed by atoms with Crippen molar-refractivity contribution in [2.45, 2.75) is 26.3 Å². The molecule has 0 aliphatic heterocycles. The van der Waals surface area contributed by atoms with Gasteiger partial charge in [0.2, 0.25) is 5.89 Å². The molecule has 0 atom stereocenters. The lowest BCUT2D eigenvalue weighted by atomic mass is 10.2. The van der Waals surface area contributed by atoms with Gasteiger partial charge in [0, 0.05) is 11.4 Å². The molecule has 0 fully saturated rings. The van der Waals surface area contributed by atoms with E-state index < -0.39 is 0 Å². The molecule has 0 saturated carbocycles. The zero-order valence-electron chi connectivity index (χ0n) is 14.3. The zero-order valence-corrected chi connectivity index (χ0v) is 15.0. The molecule has 4 nitrogen and oxygen atoms in total. The van der Waals surface area contributed by atoms with Crippen LogP contribution in [0.5, 0.6) is 11.5 Å². The number of ether oxygens (including phenoxy) is 2. The minimum Gasteiger partial charge on any atom is -0.490 e. The lowest BCUT2D eigenvalue weighted by Gasteiger charge is -2.12. The van der Waals surface area contributed by atoms with Gasteiger partial charge in [-0.1, -0.05) is 24.3 Å². The van der Waals surface area contributed by atoms with Crippen LogP contribution in [0.2, 0.25) is 0 Å². The van der Waals surface area contributed by atoms with Gasteiger partial charge in [-0.25, -0.2) is 4.98 Å². The molecular weight excluding hydrogens is 338 g/mol. The van der Waals surface area contributed by atoms with Crippen molar-refractivity contribution in [1.29, 1.82) is 0 Å². The highest BCUT2D eigenvalue weighted by Crippen LogP contribution is 2.30. The zero-order chi connectivity index (χ0) is 17.6. The first-order chi connectivity index (χ1) is 12.2. The van der Waals surface area contributed by atoms with Gasteiger partial charge in [-0.3, -0.25) is 0 Å². The monoisotopic (exact) mass is 357 g/mol. The van der Waals surface area contributed by atoms with Crippen molar-refractivity contribution in [3.05, 3.63) is 65.5 Å². The van der Waals surface area contributed by atoms with Crippen LogP contribution < -0.4 is 9.47 Å². The Bertz CT molecular complexity index is 830. The summed E-state index contributed by atoms with van der Waals surface area (Å²) in [5.74, 6) is 3.13. The maximum absolute atomic E-state index is 5.91. The largest absolute Gasteiger partial charge is 0.490 e.